The molecule has 7 heteroatoms. The SMILES string of the molecule is Cc1nc(CC(=O)N2CCc3c(F)ccc(C(=O)O)c3C2)cs1. The summed E-state index contributed by atoms with van der Waals surface area (Å²) in [5, 5.41) is 12.0. The van der Waals surface area contributed by atoms with Crippen LogP contribution in [-0.4, -0.2) is 33.4 Å². The summed E-state index contributed by atoms with van der Waals surface area (Å²) in [6, 6.07) is 2.44. The topological polar surface area (TPSA) is 70.5 Å². The molecule has 2 aromatic rings. The number of halogens is 1. The Morgan fingerprint density at radius 2 is 2.17 bits per heavy atom. The Hall–Kier alpha value is -2.28. The molecule has 0 bridgehead atoms. The molecule has 1 amide bonds. The number of fused-ring (bicyclic) bond motifs is 1. The van der Waals surface area contributed by atoms with Crippen molar-refractivity contribution in [3.63, 3.8) is 0 Å². The molecule has 1 aromatic heterocycles. The Bertz CT molecular complexity index is 788. The molecule has 0 saturated carbocycles. The second kappa shape index (κ2) is 6.08. The zero-order valence-corrected chi connectivity index (χ0v) is 13.3. The van der Waals surface area contributed by atoms with Gasteiger partial charge in [0.15, 0.2) is 0 Å². The number of nitrogens with zero attached hydrogens (tertiary/aromatic N) is 2. The average molecular weight is 334 g/mol. The van der Waals surface area contributed by atoms with Crippen molar-refractivity contribution in [2.45, 2.75) is 26.3 Å². The van der Waals surface area contributed by atoms with Gasteiger partial charge in [0.1, 0.15) is 5.82 Å². The van der Waals surface area contributed by atoms with Crippen LogP contribution in [0.15, 0.2) is 17.5 Å². The molecule has 0 radical (unpaired) electrons. The third-order valence-electron chi connectivity index (χ3n) is 3.94. The molecule has 0 fully saturated rings. The Balaban J connectivity index is 1.83. The van der Waals surface area contributed by atoms with Gasteiger partial charge in [-0.1, -0.05) is 0 Å². The van der Waals surface area contributed by atoms with Crippen LogP contribution in [0.1, 0.15) is 32.2 Å². The van der Waals surface area contributed by atoms with Gasteiger partial charge in [-0.05, 0) is 36.6 Å². The lowest BCUT2D eigenvalue weighted by Crippen LogP contribution is -2.38. The predicted molar refractivity (Wildman–Crippen MR) is 83.0 cm³/mol. The minimum Gasteiger partial charge on any atom is -0.478 e. The molecule has 1 aromatic carbocycles. The highest BCUT2D eigenvalue weighted by molar-refractivity contribution is 7.09. The maximum Gasteiger partial charge on any atom is 0.336 e. The molecule has 2 heterocycles. The first-order valence-corrected chi connectivity index (χ1v) is 8.06. The summed E-state index contributed by atoms with van der Waals surface area (Å²) in [6.45, 7) is 2.38. The van der Waals surface area contributed by atoms with Crippen molar-refractivity contribution >= 4 is 23.2 Å². The largest absolute Gasteiger partial charge is 0.478 e. The number of carbonyl (C=O) groups excluding carboxylic acids is 1. The molecule has 23 heavy (non-hydrogen) atoms. The molecule has 1 aliphatic rings. The number of amides is 1. The number of carboxylic acid groups (broad SMARTS) is 1. The molecule has 1 aliphatic heterocycles. The zero-order valence-electron chi connectivity index (χ0n) is 12.5. The number of aryl methyl sites for hydroxylation is 1. The highest BCUT2D eigenvalue weighted by Crippen LogP contribution is 2.26. The number of carboxylic acids is 1. The first-order valence-electron chi connectivity index (χ1n) is 7.18. The van der Waals surface area contributed by atoms with Gasteiger partial charge in [0.2, 0.25) is 5.91 Å². The molecule has 120 valence electrons. The third kappa shape index (κ3) is 3.10. The first kappa shape index (κ1) is 15.6. The quantitative estimate of drug-likeness (QED) is 0.936. The normalized spacial score (nSPS) is 13.7. The number of aromatic nitrogens is 1. The van der Waals surface area contributed by atoms with Crippen LogP contribution in [0.4, 0.5) is 4.39 Å². The number of benzene rings is 1. The van der Waals surface area contributed by atoms with E-state index < -0.39 is 11.8 Å². The summed E-state index contributed by atoms with van der Waals surface area (Å²) < 4.78 is 13.9. The molecule has 0 saturated heterocycles. The smallest absolute Gasteiger partial charge is 0.336 e. The van der Waals surface area contributed by atoms with Gasteiger partial charge < -0.3 is 10.0 Å². The highest BCUT2D eigenvalue weighted by Gasteiger charge is 2.27. The lowest BCUT2D eigenvalue weighted by Gasteiger charge is -2.30. The van der Waals surface area contributed by atoms with Crippen molar-refractivity contribution in [3.8, 4) is 0 Å². The molecule has 5 nitrogen and oxygen atoms in total. The number of hydrogen-bond donors (Lipinski definition) is 1. The third-order valence-corrected chi connectivity index (χ3v) is 4.76. The Kier molecular flexibility index (Phi) is 4.12. The van der Waals surface area contributed by atoms with E-state index in [1.807, 2.05) is 12.3 Å². The van der Waals surface area contributed by atoms with Gasteiger partial charge in [0.05, 0.1) is 22.7 Å². The van der Waals surface area contributed by atoms with E-state index in [-0.39, 0.29) is 24.4 Å². The predicted octanol–water partition coefficient (Wildman–Crippen LogP) is 2.42. The van der Waals surface area contributed by atoms with E-state index in [0.29, 0.717) is 29.8 Å². The standard InChI is InChI=1S/C16H15FN2O3S/c1-9-18-10(8-23-9)6-15(20)19-5-4-11-13(7-19)12(16(21)22)2-3-14(11)17/h2-3,8H,4-7H2,1H3,(H,21,22). The summed E-state index contributed by atoms with van der Waals surface area (Å²) in [4.78, 5) is 29.6. The second-order valence-electron chi connectivity index (χ2n) is 5.46. The number of rotatable bonds is 3. The fraction of sp³-hybridized carbons (Fsp3) is 0.312. The maximum absolute atomic E-state index is 13.9. The first-order chi connectivity index (χ1) is 11.0. The van der Waals surface area contributed by atoms with Crippen LogP contribution in [0.3, 0.4) is 0 Å². The van der Waals surface area contributed by atoms with E-state index in [4.69, 9.17) is 0 Å². The zero-order chi connectivity index (χ0) is 16.6. The van der Waals surface area contributed by atoms with E-state index in [2.05, 4.69) is 4.98 Å². The van der Waals surface area contributed by atoms with Gasteiger partial charge >= 0.3 is 5.97 Å². The minimum atomic E-state index is -1.11. The van der Waals surface area contributed by atoms with Crippen molar-refractivity contribution in [2.75, 3.05) is 6.54 Å². The van der Waals surface area contributed by atoms with E-state index in [0.717, 1.165) is 5.01 Å². The van der Waals surface area contributed by atoms with Crippen molar-refractivity contribution in [1.29, 1.82) is 0 Å². The summed E-state index contributed by atoms with van der Waals surface area (Å²) in [7, 11) is 0. The monoisotopic (exact) mass is 334 g/mol. The van der Waals surface area contributed by atoms with E-state index in [1.54, 1.807) is 4.90 Å². The Morgan fingerprint density at radius 3 is 2.83 bits per heavy atom. The van der Waals surface area contributed by atoms with Crippen LogP contribution in [-0.2, 0) is 24.2 Å². The molecular weight excluding hydrogens is 319 g/mol. The van der Waals surface area contributed by atoms with Crippen LogP contribution >= 0.6 is 11.3 Å². The van der Waals surface area contributed by atoms with Gasteiger partial charge in [-0.15, -0.1) is 11.3 Å². The Morgan fingerprint density at radius 1 is 1.39 bits per heavy atom. The summed E-state index contributed by atoms with van der Waals surface area (Å²) in [6.07, 6.45) is 0.502. The minimum absolute atomic E-state index is 0.0587. The van der Waals surface area contributed by atoms with Gasteiger partial charge in [0.25, 0.3) is 0 Å². The van der Waals surface area contributed by atoms with Crippen molar-refractivity contribution in [1.82, 2.24) is 9.88 Å². The highest BCUT2D eigenvalue weighted by atomic mass is 32.1. The van der Waals surface area contributed by atoms with E-state index in [9.17, 15) is 19.1 Å². The average Bonchev–Trinajstić information content (AvgIpc) is 2.92. The van der Waals surface area contributed by atoms with Gasteiger partial charge in [-0.2, -0.15) is 0 Å². The van der Waals surface area contributed by atoms with E-state index in [1.165, 1.54) is 23.5 Å². The number of aromatic carboxylic acids is 1. The second-order valence-corrected chi connectivity index (χ2v) is 6.52. The molecule has 3 rings (SSSR count). The fourth-order valence-corrected chi connectivity index (χ4v) is 3.41. The molecular formula is C16H15FN2O3S. The number of thiazole rings is 1. The van der Waals surface area contributed by atoms with Crippen LogP contribution in [0, 0.1) is 12.7 Å². The number of carbonyl (C=O) groups is 2. The van der Waals surface area contributed by atoms with Crippen LogP contribution in [0.25, 0.3) is 0 Å². The lowest BCUT2D eigenvalue weighted by atomic mass is 9.94. The van der Waals surface area contributed by atoms with Crippen LogP contribution < -0.4 is 0 Å². The lowest BCUT2D eigenvalue weighted by molar-refractivity contribution is -0.131. The fourth-order valence-electron chi connectivity index (χ4n) is 2.80. The van der Waals surface area contributed by atoms with Crippen molar-refractivity contribution in [2.24, 2.45) is 0 Å². The Labute approximate surface area is 136 Å². The van der Waals surface area contributed by atoms with Crippen molar-refractivity contribution in [3.05, 3.63) is 50.7 Å². The molecule has 0 spiro atoms. The molecule has 0 aliphatic carbocycles. The maximum atomic E-state index is 13.9. The number of hydrogen-bond acceptors (Lipinski definition) is 4. The van der Waals surface area contributed by atoms with Crippen molar-refractivity contribution < 1.29 is 19.1 Å². The molecule has 0 unspecified atom stereocenters. The van der Waals surface area contributed by atoms with Gasteiger partial charge in [0, 0.05) is 18.5 Å². The van der Waals surface area contributed by atoms with Gasteiger partial charge in [-0.25, -0.2) is 14.2 Å². The summed E-state index contributed by atoms with van der Waals surface area (Å²) in [5.41, 5.74) is 1.56. The van der Waals surface area contributed by atoms with Crippen LogP contribution in [0.5, 0.6) is 0 Å². The molecule has 1 N–H and O–H groups in total. The molecule has 0 atom stereocenters. The summed E-state index contributed by atoms with van der Waals surface area (Å²) >= 11 is 1.48. The van der Waals surface area contributed by atoms with Crippen LogP contribution in [0.2, 0.25) is 0 Å². The van der Waals surface area contributed by atoms with Gasteiger partial charge in [-0.3, -0.25) is 4.79 Å². The summed E-state index contributed by atoms with van der Waals surface area (Å²) in [5.74, 6) is -1.64. The van der Waals surface area contributed by atoms with E-state index >= 15 is 0 Å².